The Hall–Kier alpha value is -0.570. The second kappa shape index (κ2) is 6.89. The highest BCUT2D eigenvalue weighted by Gasteiger charge is 2.20. The van der Waals surface area contributed by atoms with Crippen LogP contribution in [0.25, 0.3) is 0 Å². The molecule has 0 aromatic carbocycles. The molecule has 0 aromatic heterocycles. The van der Waals surface area contributed by atoms with Gasteiger partial charge in [-0.2, -0.15) is 0 Å². The molecule has 3 unspecified atom stereocenters. The Morgan fingerprint density at radius 2 is 2.06 bits per heavy atom. The second-order valence-corrected chi connectivity index (χ2v) is 5.09. The Balaban J connectivity index is 2.32. The quantitative estimate of drug-likeness (QED) is 0.721. The first-order valence-electron chi connectivity index (χ1n) is 6.67. The van der Waals surface area contributed by atoms with Crippen molar-refractivity contribution in [1.29, 1.82) is 0 Å². The lowest BCUT2D eigenvalue weighted by Crippen LogP contribution is -2.46. The van der Waals surface area contributed by atoms with Crippen LogP contribution in [0.1, 0.15) is 52.9 Å². The number of likely N-dealkylation sites (N-methyl/N-ethyl adjacent to an activating group) is 1. The summed E-state index contributed by atoms with van der Waals surface area (Å²) >= 11 is 0. The highest BCUT2D eigenvalue weighted by Crippen LogP contribution is 2.22. The smallest absolute Gasteiger partial charge is 0.236 e. The van der Waals surface area contributed by atoms with Gasteiger partial charge in [0.05, 0.1) is 6.04 Å². The first kappa shape index (κ1) is 13.5. The van der Waals surface area contributed by atoms with E-state index in [1.165, 1.54) is 32.1 Å². The Kier molecular flexibility index (Phi) is 5.81. The van der Waals surface area contributed by atoms with Gasteiger partial charge >= 0.3 is 0 Å². The molecule has 16 heavy (non-hydrogen) atoms. The van der Waals surface area contributed by atoms with Gasteiger partial charge in [0.2, 0.25) is 5.91 Å². The molecule has 1 saturated carbocycles. The Morgan fingerprint density at radius 1 is 1.31 bits per heavy atom. The number of rotatable bonds is 4. The van der Waals surface area contributed by atoms with Crippen molar-refractivity contribution in [3.05, 3.63) is 0 Å². The van der Waals surface area contributed by atoms with Crippen molar-refractivity contribution < 1.29 is 4.79 Å². The lowest BCUT2D eigenvalue weighted by Gasteiger charge is -2.21. The molecule has 3 atom stereocenters. The van der Waals surface area contributed by atoms with E-state index in [-0.39, 0.29) is 11.9 Å². The van der Waals surface area contributed by atoms with E-state index >= 15 is 0 Å². The van der Waals surface area contributed by atoms with Gasteiger partial charge in [-0.1, -0.05) is 19.8 Å². The number of carbonyl (C=O) groups is 1. The first-order chi connectivity index (χ1) is 7.63. The molecule has 1 aliphatic rings. The molecule has 3 nitrogen and oxygen atoms in total. The van der Waals surface area contributed by atoms with E-state index in [1.807, 2.05) is 13.8 Å². The largest absolute Gasteiger partial charge is 0.355 e. The Labute approximate surface area is 99.4 Å². The van der Waals surface area contributed by atoms with E-state index < -0.39 is 0 Å². The minimum atomic E-state index is -0.0571. The zero-order chi connectivity index (χ0) is 12.0. The van der Waals surface area contributed by atoms with Crippen molar-refractivity contribution in [3.63, 3.8) is 0 Å². The van der Waals surface area contributed by atoms with Gasteiger partial charge < -0.3 is 10.6 Å². The first-order valence-corrected chi connectivity index (χ1v) is 6.67. The monoisotopic (exact) mass is 226 g/mol. The molecular formula is C13H26N2O. The molecule has 0 bridgehead atoms. The van der Waals surface area contributed by atoms with Gasteiger partial charge in [0, 0.05) is 12.6 Å². The van der Waals surface area contributed by atoms with E-state index in [0.717, 1.165) is 5.92 Å². The molecule has 94 valence electrons. The standard InChI is InChI=1S/C13H26N2O/c1-4-14-13(16)11(3)15-12-7-5-6-10(2)8-9-12/h10-12,15H,4-9H2,1-3H3,(H,14,16). The van der Waals surface area contributed by atoms with Crippen LogP contribution in [0.2, 0.25) is 0 Å². The highest BCUT2D eigenvalue weighted by molar-refractivity contribution is 5.81. The molecule has 2 N–H and O–H groups in total. The summed E-state index contributed by atoms with van der Waals surface area (Å²) in [6, 6.07) is 0.473. The minimum absolute atomic E-state index is 0.0571. The minimum Gasteiger partial charge on any atom is -0.355 e. The van der Waals surface area contributed by atoms with Crippen molar-refractivity contribution in [2.45, 2.75) is 65.0 Å². The zero-order valence-electron chi connectivity index (χ0n) is 10.9. The fourth-order valence-corrected chi connectivity index (χ4v) is 2.41. The number of amides is 1. The third-order valence-corrected chi connectivity index (χ3v) is 3.49. The molecule has 1 rings (SSSR count). The second-order valence-electron chi connectivity index (χ2n) is 5.09. The van der Waals surface area contributed by atoms with Crippen LogP contribution in [0.4, 0.5) is 0 Å². The molecule has 0 aromatic rings. The van der Waals surface area contributed by atoms with E-state index in [2.05, 4.69) is 17.6 Å². The highest BCUT2D eigenvalue weighted by atomic mass is 16.2. The molecule has 3 heteroatoms. The van der Waals surface area contributed by atoms with Crippen LogP contribution in [-0.4, -0.2) is 24.5 Å². The predicted octanol–water partition coefficient (Wildman–Crippen LogP) is 2.07. The van der Waals surface area contributed by atoms with Crippen LogP contribution < -0.4 is 10.6 Å². The summed E-state index contributed by atoms with van der Waals surface area (Å²) in [4.78, 5) is 11.6. The summed E-state index contributed by atoms with van der Waals surface area (Å²) in [6.07, 6.45) is 6.35. The summed E-state index contributed by atoms with van der Waals surface area (Å²) in [6.45, 7) is 6.96. The number of hydrogen-bond donors (Lipinski definition) is 2. The average Bonchev–Trinajstić information content (AvgIpc) is 2.44. The van der Waals surface area contributed by atoms with Gasteiger partial charge in [-0.3, -0.25) is 4.79 Å². The van der Waals surface area contributed by atoms with Crippen molar-refractivity contribution in [2.75, 3.05) is 6.54 Å². The van der Waals surface area contributed by atoms with Gasteiger partial charge in [0.1, 0.15) is 0 Å². The third-order valence-electron chi connectivity index (χ3n) is 3.49. The topological polar surface area (TPSA) is 41.1 Å². The van der Waals surface area contributed by atoms with Gasteiger partial charge in [0.15, 0.2) is 0 Å². The third kappa shape index (κ3) is 4.52. The van der Waals surface area contributed by atoms with Crippen molar-refractivity contribution in [1.82, 2.24) is 10.6 Å². The summed E-state index contributed by atoms with van der Waals surface area (Å²) in [7, 11) is 0. The molecular weight excluding hydrogens is 200 g/mol. The number of hydrogen-bond acceptors (Lipinski definition) is 2. The van der Waals surface area contributed by atoms with Crippen molar-refractivity contribution in [2.24, 2.45) is 5.92 Å². The van der Waals surface area contributed by atoms with Gasteiger partial charge in [-0.05, 0) is 39.0 Å². The maximum atomic E-state index is 11.6. The molecule has 0 spiro atoms. The van der Waals surface area contributed by atoms with Crippen LogP contribution in [0, 0.1) is 5.92 Å². The summed E-state index contributed by atoms with van der Waals surface area (Å²) in [5, 5.41) is 6.31. The maximum absolute atomic E-state index is 11.6. The van der Waals surface area contributed by atoms with E-state index in [9.17, 15) is 4.79 Å². The van der Waals surface area contributed by atoms with E-state index in [4.69, 9.17) is 0 Å². The molecule has 1 aliphatic carbocycles. The van der Waals surface area contributed by atoms with E-state index in [1.54, 1.807) is 0 Å². The van der Waals surface area contributed by atoms with Crippen LogP contribution >= 0.6 is 0 Å². The molecule has 0 heterocycles. The Bertz CT molecular complexity index is 218. The molecule has 1 fully saturated rings. The summed E-state index contributed by atoms with van der Waals surface area (Å²) in [5.74, 6) is 0.978. The van der Waals surface area contributed by atoms with Crippen molar-refractivity contribution in [3.8, 4) is 0 Å². The summed E-state index contributed by atoms with van der Waals surface area (Å²) < 4.78 is 0. The van der Waals surface area contributed by atoms with Crippen LogP contribution in [-0.2, 0) is 4.79 Å². The lowest BCUT2D eigenvalue weighted by molar-refractivity contribution is -0.122. The maximum Gasteiger partial charge on any atom is 0.236 e. The van der Waals surface area contributed by atoms with Gasteiger partial charge in [-0.25, -0.2) is 0 Å². The zero-order valence-corrected chi connectivity index (χ0v) is 10.9. The van der Waals surface area contributed by atoms with Gasteiger partial charge in [-0.15, -0.1) is 0 Å². The number of carbonyl (C=O) groups excluding carboxylic acids is 1. The van der Waals surface area contributed by atoms with Crippen LogP contribution in [0.5, 0.6) is 0 Å². The number of nitrogens with one attached hydrogen (secondary N) is 2. The van der Waals surface area contributed by atoms with Gasteiger partial charge in [0.25, 0.3) is 0 Å². The predicted molar refractivity (Wildman–Crippen MR) is 67.3 cm³/mol. The van der Waals surface area contributed by atoms with Crippen LogP contribution in [0.15, 0.2) is 0 Å². The van der Waals surface area contributed by atoms with Crippen molar-refractivity contribution >= 4 is 5.91 Å². The fourth-order valence-electron chi connectivity index (χ4n) is 2.41. The molecule has 0 saturated heterocycles. The van der Waals surface area contributed by atoms with Crippen LogP contribution in [0.3, 0.4) is 0 Å². The fraction of sp³-hybridized carbons (Fsp3) is 0.923. The molecule has 0 aliphatic heterocycles. The molecule has 0 radical (unpaired) electrons. The lowest BCUT2D eigenvalue weighted by atomic mass is 10.0. The average molecular weight is 226 g/mol. The van der Waals surface area contributed by atoms with E-state index in [0.29, 0.717) is 12.6 Å². The molecule has 1 amide bonds. The summed E-state index contributed by atoms with van der Waals surface area (Å²) in [5.41, 5.74) is 0. The SMILES string of the molecule is CCNC(=O)C(C)NC1CCCC(C)CC1. The normalized spacial score (nSPS) is 28.2. The Morgan fingerprint density at radius 3 is 2.75 bits per heavy atom.